The summed E-state index contributed by atoms with van der Waals surface area (Å²) in [7, 11) is 0. The fourth-order valence-corrected chi connectivity index (χ4v) is 9.95. The summed E-state index contributed by atoms with van der Waals surface area (Å²) in [5.41, 5.74) is 19.5. The van der Waals surface area contributed by atoms with Crippen LogP contribution in [0.5, 0.6) is 0 Å². The van der Waals surface area contributed by atoms with Gasteiger partial charge in [0, 0.05) is 33.4 Å². The highest BCUT2D eigenvalue weighted by atomic mass is 15.1. The number of aromatic nitrogens is 1. The maximum absolute atomic E-state index is 2.48. The van der Waals surface area contributed by atoms with Crippen LogP contribution in [0.2, 0.25) is 0 Å². The minimum atomic E-state index is -0.00124. The summed E-state index contributed by atoms with van der Waals surface area (Å²) in [5, 5.41) is 4.99. The maximum atomic E-state index is 2.48. The lowest BCUT2D eigenvalue weighted by Gasteiger charge is -2.30. The second-order valence-electron chi connectivity index (χ2n) is 21.6. The molecule has 0 fully saturated rings. The predicted molar refractivity (Wildman–Crippen MR) is 290 cm³/mol. The lowest BCUT2D eigenvalue weighted by Crippen LogP contribution is -2.16. The number of nitrogens with zero attached hydrogens (tertiary/aromatic N) is 2. The molecule has 0 unspecified atom stereocenters. The van der Waals surface area contributed by atoms with E-state index < -0.39 is 0 Å². The van der Waals surface area contributed by atoms with Crippen LogP contribution in [0.1, 0.15) is 84.6 Å². The van der Waals surface area contributed by atoms with Gasteiger partial charge in [-0.2, -0.15) is 0 Å². The van der Waals surface area contributed by atoms with Gasteiger partial charge in [0.05, 0.1) is 16.7 Å². The molecule has 332 valence electrons. The molecule has 1 heterocycles. The molecule has 10 rings (SSSR count). The second-order valence-corrected chi connectivity index (χ2v) is 21.6. The van der Waals surface area contributed by atoms with Crippen molar-refractivity contribution in [1.29, 1.82) is 0 Å². The number of rotatable bonds is 7. The Morgan fingerprint density at radius 3 is 1.64 bits per heavy atom. The number of para-hydroxylation sites is 3. The fraction of sp³-hybridized carbons (Fsp3) is 0.200. The first-order valence-corrected chi connectivity index (χ1v) is 23.9. The summed E-state index contributed by atoms with van der Waals surface area (Å²) in [6.45, 7) is 23.0. The average molecular weight is 871 g/mol. The molecule has 0 aliphatic carbocycles. The Balaban J connectivity index is 1.18. The fourth-order valence-electron chi connectivity index (χ4n) is 9.95. The van der Waals surface area contributed by atoms with Crippen LogP contribution in [0.25, 0.3) is 71.6 Å². The molecule has 0 N–H and O–H groups in total. The Labute approximate surface area is 398 Å². The monoisotopic (exact) mass is 870 g/mol. The molecule has 0 aliphatic rings. The molecule has 0 amide bonds. The molecule has 2 nitrogen and oxygen atoms in total. The van der Waals surface area contributed by atoms with Crippen LogP contribution in [-0.4, -0.2) is 4.57 Å². The smallest absolute Gasteiger partial charge is 0.0541 e. The van der Waals surface area contributed by atoms with Crippen LogP contribution in [0, 0.1) is 6.92 Å². The lowest BCUT2D eigenvalue weighted by atomic mass is 9.78. The van der Waals surface area contributed by atoms with E-state index in [1.165, 1.54) is 88.2 Å². The van der Waals surface area contributed by atoms with Gasteiger partial charge in [-0.15, -0.1) is 0 Å². The van der Waals surface area contributed by atoms with E-state index in [-0.39, 0.29) is 16.2 Å². The molecule has 2 heteroatoms. The van der Waals surface area contributed by atoms with Crippen molar-refractivity contribution in [3.63, 3.8) is 0 Å². The van der Waals surface area contributed by atoms with Crippen LogP contribution in [0.3, 0.4) is 0 Å². The third-order valence-electron chi connectivity index (χ3n) is 13.8. The van der Waals surface area contributed by atoms with Crippen molar-refractivity contribution in [3.8, 4) is 39.1 Å². The van der Waals surface area contributed by atoms with Gasteiger partial charge in [0.25, 0.3) is 0 Å². The molecular formula is C65H62N2. The zero-order valence-corrected chi connectivity index (χ0v) is 40.9. The molecule has 9 aromatic carbocycles. The Kier molecular flexibility index (Phi) is 10.8. The number of aryl methyl sites for hydroxylation is 1. The first-order chi connectivity index (χ1) is 32.0. The molecule has 0 saturated carbocycles. The molecule has 0 atom stereocenters. The first kappa shape index (κ1) is 43.7. The summed E-state index contributed by atoms with van der Waals surface area (Å²) in [6, 6.07) is 72.7. The molecule has 0 bridgehead atoms. The molecule has 1 aromatic heterocycles. The highest BCUT2D eigenvalue weighted by molar-refractivity contribution is 6.11. The van der Waals surface area contributed by atoms with Crippen LogP contribution in [0.15, 0.2) is 194 Å². The van der Waals surface area contributed by atoms with Crippen molar-refractivity contribution in [3.05, 3.63) is 216 Å². The van der Waals surface area contributed by atoms with E-state index in [0.29, 0.717) is 0 Å². The highest BCUT2D eigenvalue weighted by Crippen LogP contribution is 2.47. The lowest BCUT2D eigenvalue weighted by molar-refractivity contribution is 0.569. The molecular weight excluding hydrogens is 809 g/mol. The van der Waals surface area contributed by atoms with E-state index >= 15 is 0 Å². The normalized spacial score (nSPS) is 12.3. The van der Waals surface area contributed by atoms with Crippen LogP contribution < -0.4 is 4.90 Å². The zero-order chi connectivity index (χ0) is 46.8. The zero-order valence-electron chi connectivity index (χ0n) is 40.9. The first-order valence-electron chi connectivity index (χ1n) is 23.9. The summed E-state index contributed by atoms with van der Waals surface area (Å²) in [5.74, 6) is 0. The van der Waals surface area contributed by atoms with Gasteiger partial charge in [-0.25, -0.2) is 0 Å². The van der Waals surface area contributed by atoms with Gasteiger partial charge >= 0.3 is 0 Å². The van der Waals surface area contributed by atoms with Crippen molar-refractivity contribution in [2.45, 2.75) is 85.5 Å². The van der Waals surface area contributed by atoms with Crippen molar-refractivity contribution < 1.29 is 0 Å². The van der Waals surface area contributed by atoms with Gasteiger partial charge < -0.3 is 9.47 Å². The number of hydrogen-bond acceptors (Lipinski definition) is 1. The van der Waals surface area contributed by atoms with E-state index in [1.807, 2.05) is 0 Å². The molecule has 67 heavy (non-hydrogen) atoms. The van der Waals surface area contributed by atoms with E-state index in [9.17, 15) is 0 Å². The quantitative estimate of drug-likeness (QED) is 0.155. The summed E-state index contributed by atoms with van der Waals surface area (Å²) in [4.78, 5) is 2.48. The average Bonchev–Trinajstić information content (AvgIpc) is 3.65. The molecule has 0 radical (unpaired) electrons. The third-order valence-corrected chi connectivity index (χ3v) is 13.8. The summed E-state index contributed by atoms with van der Waals surface area (Å²) in [6.07, 6.45) is 0. The Morgan fingerprint density at radius 1 is 0.373 bits per heavy atom. The Morgan fingerprint density at radius 2 is 0.955 bits per heavy atom. The van der Waals surface area contributed by atoms with Gasteiger partial charge in [-0.1, -0.05) is 196 Å². The van der Waals surface area contributed by atoms with E-state index in [0.717, 1.165) is 22.7 Å². The SMILES string of the molecule is Cc1ccc(N(c2ccc(C(C)(C)C)cc2)c2ccccc2-c2cccc3cccc(-c4cc(C(C)(C)C)cc(C(C)(C)C)c4)c23)cc1-c1ccc2c(c1)c1ccccc1n2-c1ccccc1. The molecule has 0 saturated heterocycles. The van der Waals surface area contributed by atoms with E-state index in [1.54, 1.807) is 0 Å². The minimum absolute atomic E-state index is 0.00124. The second kappa shape index (κ2) is 16.6. The van der Waals surface area contributed by atoms with E-state index in [4.69, 9.17) is 0 Å². The largest absolute Gasteiger partial charge is 0.310 e. The van der Waals surface area contributed by atoms with Gasteiger partial charge in [0.1, 0.15) is 0 Å². The van der Waals surface area contributed by atoms with Gasteiger partial charge in [-0.3, -0.25) is 0 Å². The minimum Gasteiger partial charge on any atom is -0.310 e. The Hall–Kier alpha value is -7.16. The standard InChI is InChI=1S/C65H62N2/c1-43-30-34-52(42-57(43)45-31-37-61-58(40-45)55-25-15-17-29-60(55)67(61)50-22-12-11-13-23-50)66(51-35-32-47(33-36-51)63(2,3)4)59-28-16-14-24-54(59)56-27-19-21-44-20-18-26-53(62(44)56)46-38-48(64(5,6)7)41-49(39-46)65(8,9)10/h11-42H,1-10H3. The van der Waals surface area contributed by atoms with Crippen LogP contribution in [0.4, 0.5) is 17.1 Å². The Bertz CT molecular complexity index is 3420. The molecule has 10 aromatic rings. The summed E-state index contributed by atoms with van der Waals surface area (Å²) >= 11 is 0. The highest BCUT2D eigenvalue weighted by Gasteiger charge is 2.25. The van der Waals surface area contributed by atoms with Crippen LogP contribution >= 0.6 is 0 Å². The number of benzene rings is 9. The van der Waals surface area contributed by atoms with Crippen LogP contribution in [-0.2, 0) is 16.2 Å². The number of anilines is 3. The van der Waals surface area contributed by atoms with Crippen molar-refractivity contribution in [1.82, 2.24) is 4.57 Å². The third kappa shape index (κ3) is 8.14. The van der Waals surface area contributed by atoms with Gasteiger partial charge in [-0.05, 0) is 145 Å². The topological polar surface area (TPSA) is 8.17 Å². The number of hydrogen-bond donors (Lipinski definition) is 0. The maximum Gasteiger partial charge on any atom is 0.0541 e. The molecule has 0 spiro atoms. The van der Waals surface area contributed by atoms with Gasteiger partial charge in [0.2, 0.25) is 0 Å². The predicted octanol–water partition coefficient (Wildman–Crippen LogP) is 18.6. The van der Waals surface area contributed by atoms with Crippen molar-refractivity contribution in [2.75, 3.05) is 4.90 Å². The van der Waals surface area contributed by atoms with Crippen molar-refractivity contribution >= 4 is 49.6 Å². The molecule has 0 aliphatic heterocycles. The number of fused-ring (bicyclic) bond motifs is 4. The van der Waals surface area contributed by atoms with E-state index in [2.05, 4.69) is 273 Å². The summed E-state index contributed by atoms with van der Waals surface area (Å²) < 4.78 is 2.39. The van der Waals surface area contributed by atoms with Crippen molar-refractivity contribution in [2.24, 2.45) is 0 Å². The van der Waals surface area contributed by atoms with Gasteiger partial charge in [0.15, 0.2) is 0 Å².